The Morgan fingerprint density at radius 1 is 1.03 bits per heavy atom. The van der Waals surface area contributed by atoms with Crippen LogP contribution in [0.25, 0.3) is 0 Å². The van der Waals surface area contributed by atoms with Crippen LogP contribution in [0.2, 0.25) is 0 Å². The third kappa shape index (κ3) is 5.64. The van der Waals surface area contributed by atoms with Crippen molar-refractivity contribution in [3.05, 3.63) is 65.8 Å². The van der Waals surface area contributed by atoms with Crippen molar-refractivity contribution in [1.29, 1.82) is 0 Å². The minimum Gasteiger partial charge on any atom is -0.375 e. The van der Waals surface area contributed by atoms with E-state index < -0.39 is 0 Å². The number of morpholine rings is 1. The smallest absolute Gasteiger partial charge is 0.234 e. The summed E-state index contributed by atoms with van der Waals surface area (Å²) in [5.41, 5.74) is 2.08. The summed E-state index contributed by atoms with van der Waals surface area (Å²) in [6, 6.07) is 16.6. The van der Waals surface area contributed by atoms with Gasteiger partial charge in [0.25, 0.3) is 0 Å². The van der Waals surface area contributed by atoms with Crippen LogP contribution in [-0.2, 0) is 11.3 Å². The van der Waals surface area contributed by atoms with Gasteiger partial charge in [-0.2, -0.15) is 0 Å². The molecule has 1 aliphatic carbocycles. The van der Waals surface area contributed by atoms with Gasteiger partial charge in [0, 0.05) is 25.8 Å². The molecule has 1 aliphatic heterocycles. The van der Waals surface area contributed by atoms with Gasteiger partial charge in [-0.05, 0) is 30.5 Å². The Morgan fingerprint density at radius 3 is 2.66 bits per heavy atom. The van der Waals surface area contributed by atoms with Crippen LogP contribution in [0.4, 0.5) is 0 Å². The first-order chi connectivity index (χ1) is 14.3. The maximum absolute atomic E-state index is 13.0. The number of aromatic nitrogens is 1. The van der Waals surface area contributed by atoms with E-state index >= 15 is 0 Å². The number of hydrogen-bond acceptors (Lipinski definition) is 4. The van der Waals surface area contributed by atoms with Gasteiger partial charge in [0.05, 0.1) is 25.2 Å². The van der Waals surface area contributed by atoms with Crippen molar-refractivity contribution in [2.24, 2.45) is 4.99 Å². The van der Waals surface area contributed by atoms with Gasteiger partial charge in [-0.3, -0.25) is 19.3 Å². The number of rotatable bonds is 5. The van der Waals surface area contributed by atoms with Crippen LogP contribution in [0, 0.1) is 0 Å². The lowest BCUT2D eigenvalue weighted by molar-refractivity contribution is -0.0324. The van der Waals surface area contributed by atoms with Crippen LogP contribution in [0.1, 0.15) is 48.9 Å². The fraction of sp³-hybridized carbons (Fsp3) is 0.500. The number of pyridine rings is 1. The Bertz CT molecular complexity index is 856. The van der Waals surface area contributed by atoms with Gasteiger partial charge >= 0.3 is 0 Å². The summed E-state index contributed by atoms with van der Waals surface area (Å²) in [5.74, 6) is 0.0618. The number of hydrogen-bond donors (Lipinski definition) is 0. The molecule has 4 rings (SSSR count). The average Bonchev–Trinajstić information content (AvgIpc) is 2.76. The van der Waals surface area contributed by atoms with Crippen molar-refractivity contribution in [3.8, 4) is 0 Å². The lowest BCUT2D eigenvalue weighted by Crippen LogP contribution is -2.43. The quantitative estimate of drug-likeness (QED) is 0.779. The second-order valence-electron chi connectivity index (χ2n) is 8.16. The monoisotopic (exact) mass is 393 g/mol. The van der Waals surface area contributed by atoms with E-state index in [1.165, 1.54) is 24.8 Å². The zero-order valence-corrected chi connectivity index (χ0v) is 17.1. The SMILES string of the molecule is O=C(CC1CN(Cc2ccccc2)CCO1)n1ccccc1=NC1CCCCC1. The molecule has 5 heteroatoms. The van der Waals surface area contributed by atoms with Crippen molar-refractivity contribution in [2.45, 2.75) is 57.2 Å². The summed E-state index contributed by atoms with van der Waals surface area (Å²) in [7, 11) is 0. The molecule has 1 aromatic carbocycles. The minimum atomic E-state index is -0.0739. The lowest BCUT2D eigenvalue weighted by Gasteiger charge is -2.32. The van der Waals surface area contributed by atoms with Crippen LogP contribution >= 0.6 is 0 Å². The third-order valence-corrected chi connectivity index (χ3v) is 5.87. The van der Waals surface area contributed by atoms with Gasteiger partial charge in [-0.25, -0.2) is 0 Å². The van der Waals surface area contributed by atoms with Gasteiger partial charge in [-0.15, -0.1) is 0 Å². The zero-order valence-electron chi connectivity index (χ0n) is 17.1. The van der Waals surface area contributed by atoms with Gasteiger partial charge in [0.2, 0.25) is 5.91 Å². The van der Waals surface area contributed by atoms with Gasteiger partial charge in [-0.1, -0.05) is 55.7 Å². The largest absolute Gasteiger partial charge is 0.375 e. The summed E-state index contributed by atoms with van der Waals surface area (Å²) >= 11 is 0. The Labute approximate surface area is 173 Å². The highest BCUT2D eigenvalue weighted by molar-refractivity contribution is 5.79. The van der Waals surface area contributed by atoms with Gasteiger partial charge in [0.15, 0.2) is 0 Å². The molecule has 1 saturated carbocycles. The van der Waals surface area contributed by atoms with Crippen molar-refractivity contribution in [1.82, 2.24) is 9.47 Å². The molecule has 1 saturated heterocycles. The Hall–Kier alpha value is -2.24. The molecular formula is C24H31N3O2. The Morgan fingerprint density at radius 2 is 1.83 bits per heavy atom. The lowest BCUT2D eigenvalue weighted by atomic mass is 9.96. The molecule has 2 aromatic rings. The predicted octanol–water partition coefficient (Wildman–Crippen LogP) is 3.65. The summed E-state index contributed by atoms with van der Waals surface area (Å²) in [4.78, 5) is 20.3. The van der Waals surface area contributed by atoms with Crippen LogP contribution in [-0.4, -0.2) is 47.2 Å². The van der Waals surface area contributed by atoms with E-state index in [-0.39, 0.29) is 12.0 Å². The molecule has 29 heavy (non-hydrogen) atoms. The average molecular weight is 394 g/mol. The van der Waals surface area contributed by atoms with E-state index in [9.17, 15) is 4.79 Å². The highest BCUT2D eigenvalue weighted by atomic mass is 16.5. The molecule has 0 radical (unpaired) electrons. The highest BCUT2D eigenvalue weighted by Crippen LogP contribution is 2.19. The maximum Gasteiger partial charge on any atom is 0.234 e. The fourth-order valence-corrected chi connectivity index (χ4v) is 4.33. The summed E-state index contributed by atoms with van der Waals surface area (Å²) in [5, 5.41) is 0. The van der Waals surface area contributed by atoms with Crippen molar-refractivity contribution in [3.63, 3.8) is 0 Å². The minimum absolute atomic E-state index is 0.0618. The number of carbonyl (C=O) groups is 1. The standard InChI is InChI=1S/C24H31N3O2/c28-24(27-14-8-7-13-23(27)25-21-11-5-2-6-12-21)17-22-19-26(15-16-29-22)18-20-9-3-1-4-10-20/h1,3-4,7-10,13-14,21-22H,2,5-6,11-12,15-19H2. The van der Waals surface area contributed by atoms with Gasteiger partial charge < -0.3 is 4.74 Å². The number of ether oxygens (including phenoxy) is 1. The molecule has 154 valence electrons. The van der Waals surface area contributed by atoms with Crippen LogP contribution in [0.15, 0.2) is 59.7 Å². The maximum atomic E-state index is 13.0. The summed E-state index contributed by atoms with van der Waals surface area (Å²) in [6.45, 7) is 3.25. The van der Waals surface area contributed by atoms with Crippen molar-refractivity contribution >= 4 is 5.91 Å². The second kappa shape index (κ2) is 9.99. The first-order valence-corrected chi connectivity index (χ1v) is 10.9. The number of benzene rings is 1. The zero-order chi connectivity index (χ0) is 19.9. The summed E-state index contributed by atoms with van der Waals surface area (Å²) < 4.78 is 7.64. The first-order valence-electron chi connectivity index (χ1n) is 10.9. The van der Waals surface area contributed by atoms with E-state index in [2.05, 4.69) is 29.2 Å². The van der Waals surface area contributed by atoms with E-state index in [1.54, 1.807) is 4.57 Å². The van der Waals surface area contributed by atoms with E-state index in [1.807, 2.05) is 30.5 Å². The van der Waals surface area contributed by atoms with E-state index in [0.717, 1.165) is 38.0 Å². The fourth-order valence-electron chi connectivity index (χ4n) is 4.33. The normalized spacial score (nSPS) is 21.9. The molecule has 0 bridgehead atoms. The molecule has 1 atom stereocenters. The topological polar surface area (TPSA) is 46.8 Å². The molecule has 0 N–H and O–H groups in total. The Kier molecular flexibility index (Phi) is 6.91. The van der Waals surface area contributed by atoms with E-state index in [0.29, 0.717) is 19.1 Å². The molecule has 0 amide bonds. The van der Waals surface area contributed by atoms with Crippen molar-refractivity contribution < 1.29 is 9.53 Å². The number of carbonyl (C=O) groups excluding carboxylic acids is 1. The van der Waals surface area contributed by atoms with E-state index in [4.69, 9.17) is 9.73 Å². The third-order valence-electron chi connectivity index (χ3n) is 5.87. The first kappa shape index (κ1) is 20.0. The van der Waals surface area contributed by atoms with Crippen LogP contribution in [0.5, 0.6) is 0 Å². The molecule has 5 nitrogen and oxygen atoms in total. The van der Waals surface area contributed by atoms with Crippen LogP contribution in [0.3, 0.4) is 0 Å². The molecular weight excluding hydrogens is 362 g/mol. The predicted molar refractivity (Wildman–Crippen MR) is 114 cm³/mol. The molecule has 2 aliphatic rings. The van der Waals surface area contributed by atoms with Gasteiger partial charge in [0.1, 0.15) is 5.49 Å². The van der Waals surface area contributed by atoms with Crippen molar-refractivity contribution in [2.75, 3.05) is 19.7 Å². The molecule has 0 spiro atoms. The van der Waals surface area contributed by atoms with Crippen LogP contribution < -0.4 is 5.49 Å². The number of nitrogens with zero attached hydrogens (tertiary/aromatic N) is 3. The molecule has 2 fully saturated rings. The highest BCUT2D eigenvalue weighted by Gasteiger charge is 2.24. The molecule has 1 aromatic heterocycles. The second-order valence-corrected chi connectivity index (χ2v) is 8.16. The molecule has 1 unspecified atom stereocenters. The Balaban J connectivity index is 1.41. The molecule has 2 heterocycles. The summed E-state index contributed by atoms with van der Waals surface area (Å²) in [6.07, 6.45) is 8.19.